The third-order valence-electron chi connectivity index (χ3n) is 2.62. The molecule has 0 saturated heterocycles. The Balaban J connectivity index is 2.64. The minimum absolute atomic E-state index is 0.397. The van der Waals surface area contributed by atoms with Gasteiger partial charge in [0.1, 0.15) is 5.82 Å². The molecule has 2 rings (SSSR count). The van der Waals surface area contributed by atoms with E-state index < -0.39 is 11.7 Å². The zero-order chi connectivity index (χ0) is 11.9. The fourth-order valence-electron chi connectivity index (χ4n) is 1.74. The Hall–Kier alpha value is -1.52. The lowest BCUT2D eigenvalue weighted by Gasteiger charge is -2.05. The number of halogens is 3. The van der Waals surface area contributed by atoms with Gasteiger partial charge in [-0.25, -0.2) is 4.98 Å². The normalized spacial score (nSPS) is 12.3. The van der Waals surface area contributed by atoms with Gasteiger partial charge in [0.15, 0.2) is 0 Å². The highest BCUT2D eigenvalue weighted by Gasteiger charge is 2.30. The number of aromatic nitrogens is 2. The van der Waals surface area contributed by atoms with E-state index in [0.29, 0.717) is 11.9 Å². The lowest BCUT2D eigenvalue weighted by atomic mass is 10.2. The van der Waals surface area contributed by atoms with Crippen molar-refractivity contribution in [2.45, 2.75) is 19.5 Å². The molecule has 5 heteroatoms. The number of imidazole rings is 1. The van der Waals surface area contributed by atoms with Gasteiger partial charge in [-0.2, -0.15) is 13.2 Å². The number of nitrogens with zero attached hydrogens (tertiary/aromatic N) is 2. The van der Waals surface area contributed by atoms with E-state index in [-0.39, 0.29) is 0 Å². The molecule has 0 unspecified atom stereocenters. The molecule has 0 atom stereocenters. The second-order valence-corrected chi connectivity index (χ2v) is 3.64. The van der Waals surface area contributed by atoms with Gasteiger partial charge in [-0.15, -0.1) is 0 Å². The highest BCUT2D eigenvalue weighted by atomic mass is 19.4. The van der Waals surface area contributed by atoms with E-state index in [2.05, 4.69) is 4.98 Å². The van der Waals surface area contributed by atoms with Crippen LogP contribution in [0.2, 0.25) is 0 Å². The topological polar surface area (TPSA) is 17.8 Å². The molecular formula is C11H11F3N2. The van der Waals surface area contributed by atoms with E-state index in [4.69, 9.17) is 0 Å². The van der Waals surface area contributed by atoms with Crippen molar-refractivity contribution in [2.24, 2.45) is 7.05 Å². The van der Waals surface area contributed by atoms with Crippen LogP contribution in [0.1, 0.15) is 18.3 Å². The molecule has 2 nitrogen and oxygen atoms in total. The van der Waals surface area contributed by atoms with Crippen molar-refractivity contribution in [3.05, 3.63) is 29.6 Å². The minimum atomic E-state index is -4.31. The quantitative estimate of drug-likeness (QED) is 0.733. The largest absolute Gasteiger partial charge is 0.416 e. The van der Waals surface area contributed by atoms with Gasteiger partial charge < -0.3 is 4.57 Å². The summed E-state index contributed by atoms with van der Waals surface area (Å²) in [6.45, 7) is 1.92. The monoisotopic (exact) mass is 228 g/mol. The summed E-state index contributed by atoms with van der Waals surface area (Å²) >= 11 is 0. The Morgan fingerprint density at radius 1 is 1.31 bits per heavy atom. The van der Waals surface area contributed by atoms with Crippen molar-refractivity contribution < 1.29 is 13.2 Å². The number of rotatable bonds is 1. The molecule has 0 aliphatic heterocycles. The van der Waals surface area contributed by atoms with Crippen LogP contribution in [-0.4, -0.2) is 9.55 Å². The molecule has 2 aromatic rings. The van der Waals surface area contributed by atoms with Crippen LogP contribution < -0.4 is 0 Å². The smallest absolute Gasteiger partial charge is 0.331 e. The molecule has 0 spiro atoms. The molecule has 1 heterocycles. The maximum Gasteiger partial charge on any atom is 0.416 e. The molecule has 1 aromatic heterocycles. The predicted octanol–water partition coefficient (Wildman–Crippen LogP) is 3.15. The molecule has 0 amide bonds. The zero-order valence-electron chi connectivity index (χ0n) is 8.97. The SMILES string of the molecule is CCc1nc2cc(C(F)(F)F)ccc2n1C. The molecule has 0 bridgehead atoms. The van der Waals surface area contributed by atoms with Crippen LogP contribution in [0.5, 0.6) is 0 Å². The second kappa shape index (κ2) is 3.50. The number of fused-ring (bicyclic) bond motifs is 1. The molecule has 0 saturated carbocycles. The average Bonchev–Trinajstić information content (AvgIpc) is 2.54. The summed E-state index contributed by atoms with van der Waals surface area (Å²) in [7, 11) is 1.81. The number of hydrogen-bond acceptors (Lipinski definition) is 1. The summed E-state index contributed by atoms with van der Waals surface area (Å²) < 4.78 is 39.2. The summed E-state index contributed by atoms with van der Waals surface area (Å²) in [5, 5.41) is 0. The maximum atomic E-state index is 12.5. The van der Waals surface area contributed by atoms with E-state index in [0.717, 1.165) is 23.5 Å². The van der Waals surface area contributed by atoms with Crippen LogP contribution in [0.4, 0.5) is 13.2 Å². The molecule has 1 aromatic carbocycles. The van der Waals surface area contributed by atoms with E-state index >= 15 is 0 Å². The number of alkyl halides is 3. The fourth-order valence-corrected chi connectivity index (χ4v) is 1.74. The van der Waals surface area contributed by atoms with Crippen molar-refractivity contribution in [3.63, 3.8) is 0 Å². The van der Waals surface area contributed by atoms with Gasteiger partial charge in [0.25, 0.3) is 0 Å². The van der Waals surface area contributed by atoms with Crippen LogP contribution in [0.15, 0.2) is 18.2 Å². The fraction of sp³-hybridized carbons (Fsp3) is 0.364. The van der Waals surface area contributed by atoms with E-state index in [1.807, 2.05) is 11.5 Å². The first-order valence-corrected chi connectivity index (χ1v) is 4.96. The van der Waals surface area contributed by atoms with E-state index in [1.165, 1.54) is 6.07 Å². The standard InChI is InChI=1S/C11H11F3N2/c1-3-10-15-8-6-7(11(12,13)14)4-5-9(8)16(10)2/h4-6H,3H2,1-2H3. The van der Waals surface area contributed by atoms with Gasteiger partial charge in [0, 0.05) is 13.5 Å². The second-order valence-electron chi connectivity index (χ2n) is 3.64. The molecule has 16 heavy (non-hydrogen) atoms. The van der Waals surface area contributed by atoms with Crippen molar-refractivity contribution in [2.75, 3.05) is 0 Å². The first kappa shape index (κ1) is 11.0. The van der Waals surface area contributed by atoms with Crippen molar-refractivity contribution in [3.8, 4) is 0 Å². The summed E-state index contributed by atoms with van der Waals surface area (Å²) in [4.78, 5) is 4.17. The van der Waals surface area contributed by atoms with Crippen LogP contribution in [-0.2, 0) is 19.6 Å². The third-order valence-corrected chi connectivity index (χ3v) is 2.62. The molecule has 0 aliphatic carbocycles. The van der Waals surface area contributed by atoms with Gasteiger partial charge in [-0.05, 0) is 18.2 Å². The van der Waals surface area contributed by atoms with Crippen LogP contribution in [0.3, 0.4) is 0 Å². The van der Waals surface area contributed by atoms with E-state index in [1.54, 1.807) is 7.05 Å². The Kier molecular flexibility index (Phi) is 2.40. The van der Waals surface area contributed by atoms with Gasteiger partial charge in [-0.1, -0.05) is 6.92 Å². The van der Waals surface area contributed by atoms with Crippen molar-refractivity contribution in [1.82, 2.24) is 9.55 Å². The molecular weight excluding hydrogens is 217 g/mol. The highest BCUT2D eigenvalue weighted by molar-refractivity contribution is 5.77. The summed E-state index contributed by atoms with van der Waals surface area (Å²) in [6.07, 6.45) is -3.61. The Morgan fingerprint density at radius 3 is 2.56 bits per heavy atom. The van der Waals surface area contributed by atoms with Crippen molar-refractivity contribution in [1.29, 1.82) is 0 Å². The van der Waals surface area contributed by atoms with Crippen LogP contribution in [0, 0.1) is 0 Å². The summed E-state index contributed by atoms with van der Waals surface area (Å²) in [5.74, 6) is 0.786. The van der Waals surface area contributed by atoms with Gasteiger partial charge >= 0.3 is 6.18 Å². The number of hydrogen-bond donors (Lipinski definition) is 0. The zero-order valence-corrected chi connectivity index (χ0v) is 8.97. The lowest BCUT2D eigenvalue weighted by Crippen LogP contribution is -2.04. The molecule has 0 N–H and O–H groups in total. The highest BCUT2D eigenvalue weighted by Crippen LogP contribution is 2.31. The minimum Gasteiger partial charge on any atom is -0.331 e. The molecule has 86 valence electrons. The van der Waals surface area contributed by atoms with Gasteiger partial charge in [0.05, 0.1) is 16.6 Å². The van der Waals surface area contributed by atoms with Crippen LogP contribution >= 0.6 is 0 Å². The maximum absolute atomic E-state index is 12.5. The van der Waals surface area contributed by atoms with Gasteiger partial charge in [-0.3, -0.25) is 0 Å². The first-order valence-electron chi connectivity index (χ1n) is 4.96. The molecule has 0 aliphatic rings. The average molecular weight is 228 g/mol. The predicted molar refractivity (Wildman–Crippen MR) is 55.1 cm³/mol. The Bertz CT molecular complexity index is 526. The third kappa shape index (κ3) is 1.66. The lowest BCUT2D eigenvalue weighted by molar-refractivity contribution is -0.137. The first-order chi connectivity index (χ1) is 7.43. The summed E-state index contributed by atoms with van der Waals surface area (Å²) in [6, 6.07) is 3.64. The Morgan fingerprint density at radius 2 is 2.00 bits per heavy atom. The van der Waals surface area contributed by atoms with Crippen molar-refractivity contribution >= 4 is 11.0 Å². The van der Waals surface area contributed by atoms with Gasteiger partial charge in [0.2, 0.25) is 0 Å². The summed E-state index contributed by atoms with van der Waals surface area (Å²) in [5.41, 5.74) is 0.472. The number of benzene rings is 1. The van der Waals surface area contributed by atoms with Crippen LogP contribution in [0.25, 0.3) is 11.0 Å². The molecule has 0 fully saturated rings. The van der Waals surface area contributed by atoms with E-state index in [9.17, 15) is 13.2 Å². The number of aryl methyl sites for hydroxylation is 2. The Labute approximate surface area is 90.7 Å². The molecule has 0 radical (unpaired) electrons.